The van der Waals surface area contributed by atoms with Crippen LogP contribution in [0.15, 0.2) is 35.1 Å². The first-order valence-corrected chi connectivity index (χ1v) is 7.53. The molecule has 0 atom stereocenters. The average molecular weight is 303 g/mol. The van der Waals surface area contributed by atoms with Crippen LogP contribution in [0.25, 0.3) is 0 Å². The zero-order valence-corrected chi connectivity index (χ0v) is 12.5. The van der Waals surface area contributed by atoms with E-state index in [0.717, 1.165) is 51.0 Å². The van der Waals surface area contributed by atoms with Crippen molar-refractivity contribution in [3.05, 3.63) is 36.4 Å². The number of ether oxygens (including phenoxy) is 1. The molecular formula is C15H21N5O2. The molecule has 7 nitrogen and oxygen atoms in total. The van der Waals surface area contributed by atoms with E-state index in [1.165, 1.54) is 0 Å². The predicted molar refractivity (Wildman–Crippen MR) is 83.8 cm³/mol. The van der Waals surface area contributed by atoms with Crippen molar-refractivity contribution in [3.63, 3.8) is 0 Å². The van der Waals surface area contributed by atoms with Crippen LogP contribution in [0, 0.1) is 0 Å². The summed E-state index contributed by atoms with van der Waals surface area (Å²) < 4.78 is 10.6. The van der Waals surface area contributed by atoms with Crippen molar-refractivity contribution < 1.29 is 9.15 Å². The van der Waals surface area contributed by atoms with E-state index < -0.39 is 0 Å². The Morgan fingerprint density at radius 2 is 2.09 bits per heavy atom. The molecule has 1 fully saturated rings. The number of hydrogen-bond donors (Lipinski definition) is 2. The molecule has 1 saturated heterocycles. The molecule has 7 heteroatoms. The van der Waals surface area contributed by atoms with Crippen molar-refractivity contribution in [2.45, 2.75) is 6.54 Å². The highest BCUT2D eigenvalue weighted by molar-refractivity contribution is 5.39. The van der Waals surface area contributed by atoms with Crippen molar-refractivity contribution >= 4 is 11.8 Å². The van der Waals surface area contributed by atoms with E-state index in [9.17, 15) is 0 Å². The van der Waals surface area contributed by atoms with Gasteiger partial charge in [-0.2, -0.15) is 4.98 Å². The minimum atomic E-state index is 0.574. The molecule has 118 valence electrons. The van der Waals surface area contributed by atoms with Gasteiger partial charge in [-0.1, -0.05) is 0 Å². The highest BCUT2D eigenvalue weighted by atomic mass is 16.5. The van der Waals surface area contributed by atoms with Gasteiger partial charge in [0.15, 0.2) is 0 Å². The molecule has 0 bridgehead atoms. The van der Waals surface area contributed by atoms with Gasteiger partial charge in [-0.3, -0.25) is 4.90 Å². The summed E-state index contributed by atoms with van der Waals surface area (Å²) in [5.74, 6) is 2.27. The highest BCUT2D eigenvalue weighted by Gasteiger charge is 2.09. The molecular weight excluding hydrogens is 282 g/mol. The van der Waals surface area contributed by atoms with Crippen LogP contribution in [0.2, 0.25) is 0 Å². The normalized spacial score (nSPS) is 15.6. The molecule has 22 heavy (non-hydrogen) atoms. The Balaban J connectivity index is 1.44. The lowest BCUT2D eigenvalue weighted by molar-refractivity contribution is 0.0398. The smallest absolute Gasteiger partial charge is 0.224 e. The fourth-order valence-electron chi connectivity index (χ4n) is 2.29. The fraction of sp³-hybridized carbons (Fsp3) is 0.467. The van der Waals surface area contributed by atoms with Crippen LogP contribution in [-0.2, 0) is 11.3 Å². The maximum atomic E-state index is 5.34. The van der Waals surface area contributed by atoms with Crippen molar-refractivity contribution in [2.75, 3.05) is 50.0 Å². The fourth-order valence-corrected chi connectivity index (χ4v) is 2.29. The molecule has 2 N–H and O–H groups in total. The Morgan fingerprint density at radius 1 is 1.18 bits per heavy atom. The number of hydrogen-bond acceptors (Lipinski definition) is 7. The van der Waals surface area contributed by atoms with Gasteiger partial charge in [0.05, 0.1) is 26.0 Å². The van der Waals surface area contributed by atoms with Gasteiger partial charge in [0, 0.05) is 32.4 Å². The van der Waals surface area contributed by atoms with Crippen LogP contribution in [0.4, 0.5) is 11.8 Å². The minimum absolute atomic E-state index is 0.574. The number of nitrogens with one attached hydrogen (secondary N) is 2. The monoisotopic (exact) mass is 303 g/mol. The molecule has 3 heterocycles. The zero-order chi connectivity index (χ0) is 15.0. The third-order valence-electron chi connectivity index (χ3n) is 3.49. The Bertz CT molecular complexity index is 555. The van der Waals surface area contributed by atoms with E-state index in [0.29, 0.717) is 12.5 Å². The minimum Gasteiger partial charge on any atom is -0.467 e. The van der Waals surface area contributed by atoms with Crippen molar-refractivity contribution in [2.24, 2.45) is 0 Å². The second kappa shape index (κ2) is 7.77. The molecule has 3 rings (SSSR count). The Labute approximate surface area is 129 Å². The quantitative estimate of drug-likeness (QED) is 0.801. The largest absolute Gasteiger partial charge is 0.467 e. The standard InChI is InChI=1S/C15H21N5O2/c1-2-13(22-9-1)12-18-15-17-4-3-14(19-15)16-5-6-20-7-10-21-11-8-20/h1-4,9H,5-8,10-12H2,(H2,16,17,18,19). The second-order valence-corrected chi connectivity index (χ2v) is 5.08. The zero-order valence-electron chi connectivity index (χ0n) is 12.5. The van der Waals surface area contributed by atoms with Gasteiger partial charge in [-0.25, -0.2) is 4.98 Å². The maximum absolute atomic E-state index is 5.34. The Hall–Kier alpha value is -2.12. The first-order valence-electron chi connectivity index (χ1n) is 7.53. The summed E-state index contributed by atoms with van der Waals surface area (Å²) >= 11 is 0. The molecule has 1 aliphatic rings. The first kappa shape index (κ1) is 14.8. The Kier molecular flexibility index (Phi) is 5.22. The lowest BCUT2D eigenvalue weighted by Gasteiger charge is -2.26. The van der Waals surface area contributed by atoms with Crippen LogP contribution in [0.1, 0.15) is 5.76 Å². The van der Waals surface area contributed by atoms with Crippen molar-refractivity contribution in [1.29, 1.82) is 0 Å². The first-order chi connectivity index (χ1) is 10.9. The predicted octanol–water partition coefficient (Wildman–Crippen LogP) is 1.43. The lowest BCUT2D eigenvalue weighted by atomic mass is 10.4. The van der Waals surface area contributed by atoms with Gasteiger partial charge in [0.1, 0.15) is 11.6 Å². The molecule has 0 spiro atoms. The van der Waals surface area contributed by atoms with E-state index in [2.05, 4.69) is 25.5 Å². The summed E-state index contributed by atoms with van der Waals surface area (Å²) in [6.07, 6.45) is 3.40. The highest BCUT2D eigenvalue weighted by Crippen LogP contribution is 2.08. The summed E-state index contributed by atoms with van der Waals surface area (Å²) in [5, 5.41) is 6.47. The topological polar surface area (TPSA) is 75.5 Å². The van der Waals surface area contributed by atoms with E-state index in [1.54, 1.807) is 12.5 Å². The van der Waals surface area contributed by atoms with Crippen LogP contribution in [0.3, 0.4) is 0 Å². The van der Waals surface area contributed by atoms with E-state index in [-0.39, 0.29) is 0 Å². The number of furan rings is 1. The second-order valence-electron chi connectivity index (χ2n) is 5.08. The average Bonchev–Trinajstić information content (AvgIpc) is 3.08. The van der Waals surface area contributed by atoms with Gasteiger partial charge in [0.2, 0.25) is 5.95 Å². The van der Waals surface area contributed by atoms with Gasteiger partial charge in [0.25, 0.3) is 0 Å². The van der Waals surface area contributed by atoms with E-state index in [4.69, 9.17) is 9.15 Å². The molecule has 0 saturated carbocycles. The third-order valence-corrected chi connectivity index (χ3v) is 3.49. The summed E-state index contributed by atoms with van der Waals surface area (Å²) in [7, 11) is 0. The van der Waals surface area contributed by atoms with Crippen LogP contribution in [0.5, 0.6) is 0 Å². The Morgan fingerprint density at radius 3 is 2.91 bits per heavy atom. The van der Waals surface area contributed by atoms with Crippen LogP contribution >= 0.6 is 0 Å². The number of morpholine rings is 1. The molecule has 1 aliphatic heterocycles. The molecule has 0 unspecified atom stereocenters. The molecule has 2 aromatic heterocycles. The number of rotatable bonds is 7. The maximum Gasteiger partial charge on any atom is 0.224 e. The van der Waals surface area contributed by atoms with Crippen LogP contribution < -0.4 is 10.6 Å². The summed E-state index contributed by atoms with van der Waals surface area (Å²) in [6.45, 7) is 6.08. The van der Waals surface area contributed by atoms with Gasteiger partial charge >= 0.3 is 0 Å². The molecule has 0 amide bonds. The molecule has 2 aromatic rings. The number of anilines is 2. The van der Waals surface area contributed by atoms with Gasteiger partial charge in [-0.05, 0) is 18.2 Å². The van der Waals surface area contributed by atoms with Crippen molar-refractivity contribution in [3.8, 4) is 0 Å². The van der Waals surface area contributed by atoms with E-state index >= 15 is 0 Å². The van der Waals surface area contributed by atoms with Crippen LogP contribution in [-0.4, -0.2) is 54.3 Å². The summed E-state index contributed by atoms with van der Waals surface area (Å²) in [6, 6.07) is 5.65. The SMILES string of the molecule is c1coc(CNc2nccc(NCCN3CCOCC3)n2)c1. The number of aromatic nitrogens is 2. The number of nitrogens with zero attached hydrogens (tertiary/aromatic N) is 3. The molecule has 0 aromatic carbocycles. The van der Waals surface area contributed by atoms with Crippen molar-refractivity contribution in [1.82, 2.24) is 14.9 Å². The van der Waals surface area contributed by atoms with Gasteiger partial charge in [-0.15, -0.1) is 0 Å². The lowest BCUT2D eigenvalue weighted by Crippen LogP contribution is -2.39. The molecule has 0 radical (unpaired) electrons. The van der Waals surface area contributed by atoms with E-state index in [1.807, 2.05) is 18.2 Å². The molecule has 0 aliphatic carbocycles. The van der Waals surface area contributed by atoms with Gasteiger partial charge < -0.3 is 19.8 Å². The summed E-state index contributed by atoms with van der Waals surface area (Å²) in [5.41, 5.74) is 0. The summed E-state index contributed by atoms with van der Waals surface area (Å²) in [4.78, 5) is 11.0. The third kappa shape index (κ3) is 4.44.